The number of rotatable bonds is 3. The largest absolute Gasteiger partial charge is 0.467 e. The second-order valence-electron chi connectivity index (χ2n) is 5.37. The van der Waals surface area contributed by atoms with Gasteiger partial charge < -0.3 is 8.98 Å². The molecule has 0 unspecified atom stereocenters. The molecule has 108 valence electrons. The van der Waals surface area contributed by atoms with Crippen molar-refractivity contribution in [2.75, 3.05) is 11.5 Å². The molecule has 0 radical (unpaired) electrons. The molecule has 3 aromatic heterocycles. The lowest BCUT2D eigenvalue weighted by Gasteiger charge is -2.21. The zero-order chi connectivity index (χ0) is 14.1. The summed E-state index contributed by atoms with van der Waals surface area (Å²) in [5.74, 6) is 5.10. The van der Waals surface area contributed by atoms with Crippen molar-refractivity contribution >= 4 is 22.9 Å². The maximum atomic E-state index is 5.52. The Morgan fingerprint density at radius 2 is 2.14 bits per heavy atom. The SMILES string of the molecule is c1coc(Cn2c(C3CCSCC3)nc3cccnc32)c1. The Balaban J connectivity index is 1.80. The molecule has 1 aliphatic rings. The number of fused-ring (bicyclic) bond motifs is 1. The van der Waals surface area contributed by atoms with Gasteiger partial charge in [-0.1, -0.05) is 0 Å². The van der Waals surface area contributed by atoms with E-state index in [-0.39, 0.29) is 0 Å². The van der Waals surface area contributed by atoms with E-state index in [1.54, 1.807) is 6.26 Å². The number of hydrogen-bond acceptors (Lipinski definition) is 4. The third-order valence-electron chi connectivity index (χ3n) is 4.01. The van der Waals surface area contributed by atoms with E-state index in [0.717, 1.165) is 16.9 Å². The van der Waals surface area contributed by atoms with Crippen LogP contribution in [0.5, 0.6) is 0 Å². The minimum atomic E-state index is 0.537. The van der Waals surface area contributed by atoms with Gasteiger partial charge in [-0.25, -0.2) is 9.97 Å². The van der Waals surface area contributed by atoms with Crippen molar-refractivity contribution in [2.45, 2.75) is 25.3 Å². The van der Waals surface area contributed by atoms with Crippen LogP contribution in [0.3, 0.4) is 0 Å². The standard InChI is InChI=1S/C16H17N3OS/c1-4-14-16(17-7-1)19(11-13-3-2-8-20-13)15(18-14)12-5-9-21-10-6-12/h1-4,7-8,12H,5-6,9-11H2. The van der Waals surface area contributed by atoms with Crippen molar-refractivity contribution in [3.05, 3.63) is 48.3 Å². The number of imidazole rings is 1. The fraction of sp³-hybridized carbons (Fsp3) is 0.375. The minimum Gasteiger partial charge on any atom is -0.467 e. The quantitative estimate of drug-likeness (QED) is 0.740. The Morgan fingerprint density at radius 3 is 2.95 bits per heavy atom. The Bertz CT molecular complexity index is 729. The summed E-state index contributed by atoms with van der Waals surface area (Å²) in [7, 11) is 0. The van der Waals surface area contributed by atoms with Gasteiger partial charge in [-0.15, -0.1) is 0 Å². The van der Waals surface area contributed by atoms with Crippen LogP contribution >= 0.6 is 11.8 Å². The molecule has 0 atom stereocenters. The fourth-order valence-electron chi connectivity index (χ4n) is 2.96. The molecule has 21 heavy (non-hydrogen) atoms. The number of hydrogen-bond donors (Lipinski definition) is 0. The van der Waals surface area contributed by atoms with E-state index in [0.29, 0.717) is 12.5 Å². The second-order valence-corrected chi connectivity index (χ2v) is 6.59. The third-order valence-corrected chi connectivity index (χ3v) is 5.06. The lowest BCUT2D eigenvalue weighted by molar-refractivity contribution is 0.480. The molecule has 1 aliphatic heterocycles. The smallest absolute Gasteiger partial charge is 0.160 e. The first-order valence-electron chi connectivity index (χ1n) is 7.33. The van der Waals surface area contributed by atoms with Crippen molar-refractivity contribution in [3.8, 4) is 0 Å². The average Bonchev–Trinajstić information content (AvgIpc) is 3.17. The normalized spacial score (nSPS) is 16.6. The van der Waals surface area contributed by atoms with E-state index in [2.05, 4.69) is 9.55 Å². The van der Waals surface area contributed by atoms with Gasteiger partial charge in [0.2, 0.25) is 0 Å². The van der Waals surface area contributed by atoms with E-state index >= 15 is 0 Å². The molecule has 4 heterocycles. The van der Waals surface area contributed by atoms with Gasteiger partial charge >= 0.3 is 0 Å². The van der Waals surface area contributed by atoms with Crippen molar-refractivity contribution < 1.29 is 4.42 Å². The molecule has 1 saturated heterocycles. The molecule has 0 aliphatic carbocycles. The molecular weight excluding hydrogens is 282 g/mol. The third kappa shape index (κ3) is 2.46. The van der Waals surface area contributed by atoms with Crippen LogP contribution in [0.15, 0.2) is 41.1 Å². The van der Waals surface area contributed by atoms with Crippen LogP contribution in [0.2, 0.25) is 0 Å². The van der Waals surface area contributed by atoms with Gasteiger partial charge in [-0.2, -0.15) is 11.8 Å². The first kappa shape index (κ1) is 13.0. The van der Waals surface area contributed by atoms with E-state index in [1.807, 2.05) is 42.2 Å². The second kappa shape index (κ2) is 5.56. The topological polar surface area (TPSA) is 43.9 Å². The van der Waals surface area contributed by atoms with Crippen LogP contribution in [0.25, 0.3) is 11.2 Å². The molecule has 1 fully saturated rings. The van der Waals surface area contributed by atoms with Crippen molar-refractivity contribution in [3.63, 3.8) is 0 Å². The summed E-state index contributed by atoms with van der Waals surface area (Å²) in [5, 5.41) is 0. The predicted octanol–water partition coefficient (Wildman–Crippen LogP) is 3.68. The molecule has 5 heteroatoms. The number of pyridine rings is 1. The van der Waals surface area contributed by atoms with Gasteiger partial charge in [0.15, 0.2) is 5.65 Å². The number of aromatic nitrogens is 3. The molecule has 0 bridgehead atoms. The van der Waals surface area contributed by atoms with Gasteiger partial charge in [-0.3, -0.25) is 0 Å². The number of thioether (sulfide) groups is 1. The molecule has 0 spiro atoms. The minimum absolute atomic E-state index is 0.537. The maximum Gasteiger partial charge on any atom is 0.160 e. The summed E-state index contributed by atoms with van der Waals surface area (Å²) in [6, 6.07) is 7.93. The molecule has 0 aromatic carbocycles. The van der Waals surface area contributed by atoms with Crippen molar-refractivity contribution in [1.29, 1.82) is 0 Å². The van der Waals surface area contributed by atoms with Gasteiger partial charge in [0.05, 0.1) is 12.8 Å². The first-order chi connectivity index (χ1) is 10.4. The summed E-state index contributed by atoms with van der Waals surface area (Å²) in [6.07, 6.45) is 5.96. The summed E-state index contributed by atoms with van der Waals surface area (Å²) in [6.45, 7) is 0.708. The Morgan fingerprint density at radius 1 is 1.24 bits per heavy atom. The van der Waals surface area contributed by atoms with Crippen LogP contribution in [-0.4, -0.2) is 26.0 Å². The molecule has 4 rings (SSSR count). The zero-order valence-corrected chi connectivity index (χ0v) is 12.6. The van der Waals surface area contributed by atoms with Gasteiger partial charge in [0.25, 0.3) is 0 Å². The monoisotopic (exact) mass is 299 g/mol. The molecule has 0 amide bonds. The molecular formula is C16H17N3OS. The summed E-state index contributed by atoms with van der Waals surface area (Å²) < 4.78 is 7.75. The molecule has 0 N–H and O–H groups in total. The average molecular weight is 299 g/mol. The van der Waals surface area contributed by atoms with E-state index in [9.17, 15) is 0 Å². The number of nitrogens with zero attached hydrogens (tertiary/aromatic N) is 3. The van der Waals surface area contributed by atoms with Gasteiger partial charge in [0, 0.05) is 12.1 Å². The van der Waals surface area contributed by atoms with Crippen LogP contribution in [-0.2, 0) is 6.54 Å². The molecule has 3 aromatic rings. The molecule has 0 saturated carbocycles. The van der Waals surface area contributed by atoms with Crippen LogP contribution in [0, 0.1) is 0 Å². The number of furan rings is 1. The fourth-order valence-corrected chi connectivity index (χ4v) is 4.06. The maximum absolute atomic E-state index is 5.52. The van der Waals surface area contributed by atoms with E-state index in [1.165, 1.54) is 30.2 Å². The van der Waals surface area contributed by atoms with Gasteiger partial charge in [0.1, 0.15) is 17.1 Å². The van der Waals surface area contributed by atoms with Crippen molar-refractivity contribution in [2.24, 2.45) is 0 Å². The highest BCUT2D eigenvalue weighted by molar-refractivity contribution is 7.99. The Labute approximate surface area is 127 Å². The van der Waals surface area contributed by atoms with E-state index < -0.39 is 0 Å². The highest BCUT2D eigenvalue weighted by atomic mass is 32.2. The Kier molecular flexibility index (Phi) is 3.43. The van der Waals surface area contributed by atoms with Crippen LogP contribution in [0.4, 0.5) is 0 Å². The summed E-state index contributed by atoms with van der Waals surface area (Å²) >= 11 is 2.04. The molecule has 4 nitrogen and oxygen atoms in total. The highest BCUT2D eigenvalue weighted by Crippen LogP contribution is 2.32. The first-order valence-corrected chi connectivity index (χ1v) is 8.48. The highest BCUT2D eigenvalue weighted by Gasteiger charge is 2.23. The van der Waals surface area contributed by atoms with Crippen LogP contribution in [0.1, 0.15) is 30.3 Å². The lowest BCUT2D eigenvalue weighted by Crippen LogP contribution is -2.15. The Hall–Kier alpha value is -1.75. The van der Waals surface area contributed by atoms with E-state index in [4.69, 9.17) is 9.40 Å². The van der Waals surface area contributed by atoms with Crippen molar-refractivity contribution in [1.82, 2.24) is 14.5 Å². The predicted molar refractivity (Wildman–Crippen MR) is 84.6 cm³/mol. The summed E-state index contributed by atoms with van der Waals surface area (Å²) in [5.41, 5.74) is 1.94. The zero-order valence-electron chi connectivity index (χ0n) is 11.7. The van der Waals surface area contributed by atoms with Crippen LogP contribution < -0.4 is 0 Å². The van der Waals surface area contributed by atoms with Gasteiger partial charge in [-0.05, 0) is 48.6 Å². The lowest BCUT2D eigenvalue weighted by atomic mass is 10.0. The summed E-state index contributed by atoms with van der Waals surface area (Å²) in [4.78, 5) is 9.40.